The first-order valence-corrected chi connectivity index (χ1v) is 4.59. The SMILES string of the molecule is O=c1cc(O)cnn1-c1ccccc1Cl. The van der Waals surface area contributed by atoms with Crippen molar-refractivity contribution < 1.29 is 5.11 Å². The van der Waals surface area contributed by atoms with E-state index in [1.165, 1.54) is 6.20 Å². The molecular weight excluding hydrogens is 216 g/mol. The molecule has 1 aromatic heterocycles. The summed E-state index contributed by atoms with van der Waals surface area (Å²) in [5.41, 5.74) is 0.0623. The summed E-state index contributed by atoms with van der Waals surface area (Å²) < 4.78 is 1.13. The lowest BCUT2D eigenvalue weighted by Crippen LogP contribution is -2.19. The van der Waals surface area contributed by atoms with Crippen LogP contribution in [0, 0.1) is 0 Å². The number of nitrogens with zero attached hydrogens (tertiary/aromatic N) is 2. The Morgan fingerprint density at radius 2 is 2.07 bits per heavy atom. The van der Waals surface area contributed by atoms with Crippen molar-refractivity contribution in [3.63, 3.8) is 0 Å². The predicted molar refractivity (Wildman–Crippen MR) is 56.5 cm³/mol. The van der Waals surface area contributed by atoms with Crippen molar-refractivity contribution in [1.82, 2.24) is 9.78 Å². The Morgan fingerprint density at radius 3 is 2.73 bits per heavy atom. The maximum Gasteiger partial charge on any atom is 0.275 e. The van der Waals surface area contributed by atoms with Crippen LogP contribution < -0.4 is 5.56 Å². The van der Waals surface area contributed by atoms with E-state index in [0.29, 0.717) is 10.7 Å². The van der Waals surface area contributed by atoms with Crippen molar-refractivity contribution in [3.05, 3.63) is 51.9 Å². The highest BCUT2D eigenvalue weighted by Gasteiger charge is 2.05. The minimum absolute atomic E-state index is 0.164. The van der Waals surface area contributed by atoms with E-state index in [1.54, 1.807) is 24.3 Å². The zero-order valence-corrected chi connectivity index (χ0v) is 8.35. The van der Waals surface area contributed by atoms with E-state index in [9.17, 15) is 4.79 Å². The average molecular weight is 223 g/mol. The van der Waals surface area contributed by atoms with E-state index in [2.05, 4.69) is 5.10 Å². The summed E-state index contributed by atoms with van der Waals surface area (Å²) in [6.45, 7) is 0. The van der Waals surface area contributed by atoms with Gasteiger partial charge in [0.15, 0.2) is 0 Å². The van der Waals surface area contributed by atoms with Crippen LogP contribution in [0.15, 0.2) is 41.3 Å². The summed E-state index contributed by atoms with van der Waals surface area (Å²) >= 11 is 5.91. The molecule has 1 heterocycles. The number of aromatic nitrogens is 2. The molecule has 0 saturated heterocycles. The van der Waals surface area contributed by atoms with Gasteiger partial charge in [-0.2, -0.15) is 9.78 Å². The molecule has 0 amide bonds. The molecular formula is C10H7ClN2O2. The minimum Gasteiger partial charge on any atom is -0.506 e. The van der Waals surface area contributed by atoms with Crippen LogP contribution in [0.5, 0.6) is 5.75 Å². The fourth-order valence-corrected chi connectivity index (χ4v) is 1.42. The highest BCUT2D eigenvalue weighted by molar-refractivity contribution is 6.32. The molecule has 5 heteroatoms. The standard InChI is InChI=1S/C10H7ClN2O2/c11-8-3-1-2-4-9(8)13-10(15)5-7(14)6-12-13/h1-6,14H. The Balaban J connectivity index is 2.65. The van der Waals surface area contributed by atoms with Crippen LogP contribution in [0.25, 0.3) is 5.69 Å². The molecule has 0 aliphatic rings. The monoisotopic (exact) mass is 222 g/mol. The van der Waals surface area contributed by atoms with Crippen LogP contribution in [0.1, 0.15) is 0 Å². The first kappa shape index (κ1) is 9.73. The second kappa shape index (κ2) is 3.74. The summed E-state index contributed by atoms with van der Waals surface area (Å²) in [6, 6.07) is 7.93. The Labute approximate surface area is 90.4 Å². The molecule has 0 atom stereocenters. The quantitative estimate of drug-likeness (QED) is 0.797. The Morgan fingerprint density at radius 1 is 1.33 bits per heavy atom. The molecule has 2 rings (SSSR count). The van der Waals surface area contributed by atoms with Crippen molar-refractivity contribution >= 4 is 11.6 Å². The molecule has 0 unspecified atom stereocenters. The highest BCUT2D eigenvalue weighted by Crippen LogP contribution is 2.17. The summed E-state index contributed by atoms with van der Waals surface area (Å²) in [6.07, 6.45) is 1.19. The summed E-state index contributed by atoms with van der Waals surface area (Å²) in [7, 11) is 0. The van der Waals surface area contributed by atoms with Crippen molar-refractivity contribution in [2.24, 2.45) is 0 Å². The lowest BCUT2D eigenvalue weighted by atomic mass is 10.3. The largest absolute Gasteiger partial charge is 0.506 e. The van der Waals surface area contributed by atoms with Gasteiger partial charge >= 0.3 is 0 Å². The van der Waals surface area contributed by atoms with Crippen LogP contribution in [0.4, 0.5) is 0 Å². The maximum absolute atomic E-state index is 11.5. The normalized spacial score (nSPS) is 10.2. The zero-order chi connectivity index (χ0) is 10.8. The summed E-state index contributed by atoms with van der Waals surface area (Å²) in [5.74, 6) is -0.164. The summed E-state index contributed by atoms with van der Waals surface area (Å²) in [5, 5.41) is 13.3. The van der Waals surface area contributed by atoms with Gasteiger partial charge in [-0.05, 0) is 12.1 Å². The molecule has 4 nitrogen and oxygen atoms in total. The maximum atomic E-state index is 11.5. The van der Waals surface area contributed by atoms with E-state index in [-0.39, 0.29) is 5.75 Å². The van der Waals surface area contributed by atoms with Crippen molar-refractivity contribution in [2.45, 2.75) is 0 Å². The van der Waals surface area contributed by atoms with Crippen LogP contribution in [-0.2, 0) is 0 Å². The number of rotatable bonds is 1. The van der Waals surface area contributed by atoms with Crippen LogP contribution in [0.3, 0.4) is 0 Å². The fraction of sp³-hybridized carbons (Fsp3) is 0. The van der Waals surface area contributed by atoms with E-state index < -0.39 is 5.56 Å². The lowest BCUT2D eigenvalue weighted by molar-refractivity contribution is 0.467. The molecule has 1 aromatic carbocycles. The Bertz CT molecular complexity index is 551. The van der Waals surface area contributed by atoms with Crippen molar-refractivity contribution in [2.75, 3.05) is 0 Å². The van der Waals surface area contributed by atoms with Gasteiger partial charge in [0.25, 0.3) is 5.56 Å². The van der Waals surface area contributed by atoms with E-state index >= 15 is 0 Å². The Kier molecular flexibility index (Phi) is 2.43. The molecule has 0 spiro atoms. The van der Waals surface area contributed by atoms with Gasteiger partial charge in [-0.3, -0.25) is 4.79 Å². The molecule has 0 aliphatic carbocycles. The lowest BCUT2D eigenvalue weighted by Gasteiger charge is -2.05. The van der Waals surface area contributed by atoms with Gasteiger partial charge in [-0.1, -0.05) is 23.7 Å². The van der Waals surface area contributed by atoms with E-state index in [1.807, 2.05) is 0 Å². The molecule has 15 heavy (non-hydrogen) atoms. The third-order valence-electron chi connectivity index (χ3n) is 1.87. The number of halogens is 1. The zero-order valence-electron chi connectivity index (χ0n) is 7.59. The first-order valence-electron chi connectivity index (χ1n) is 4.22. The molecule has 0 saturated carbocycles. The second-order valence-corrected chi connectivity index (χ2v) is 3.32. The first-order chi connectivity index (χ1) is 7.18. The molecule has 0 fully saturated rings. The molecule has 0 bridgehead atoms. The number of hydrogen-bond acceptors (Lipinski definition) is 3. The smallest absolute Gasteiger partial charge is 0.275 e. The van der Waals surface area contributed by atoms with Gasteiger partial charge in [0.1, 0.15) is 5.75 Å². The van der Waals surface area contributed by atoms with Crippen LogP contribution in [-0.4, -0.2) is 14.9 Å². The molecule has 76 valence electrons. The number of benzene rings is 1. The molecule has 1 N–H and O–H groups in total. The van der Waals surface area contributed by atoms with Crippen molar-refractivity contribution in [3.8, 4) is 11.4 Å². The van der Waals surface area contributed by atoms with Gasteiger partial charge in [-0.15, -0.1) is 0 Å². The van der Waals surface area contributed by atoms with E-state index in [0.717, 1.165) is 10.7 Å². The molecule has 0 aliphatic heterocycles. The van der Waals surface area contributed by atoms with Gasteiger partial charge < -0.3 is 5.11 Å². The second-order valence-electron chi connectivity index (χ2n) is 2.92. The van der Waals surface area contributed by atoms with Gasteiger partial charge in [0.2, 0.25) is 0 Å². The van der Waals surface area contributed by atoms with Gasteiger partial charge in [-0.25, -0.2) is 0 Å². The molecule has 2 aromatic rings. The highest BCUT2D eigenvalue weighted by atomic mass is 35.5. The Hall–Kier alpha value is -1.81. The fourth-order valence-electron chi connectivity index (χ4n) is 1.20. The number of para-hydroxylation sites is 1. The average Bonchev–Trinajstić information content (AvgIpc) is 2.20. The topological polar surface area (TPSA) is 55.1 Å². The third-order valence-corrected chi connectivity index (χ3v) is 2.19. The van der Waals surface area contributed by atoms with Crippen LogP contribution >= 0.6 is 11.6 Å². The molecule has 0 radical (unpaired) electrons. The summed E-state index contributed by atoms with van der Waals surface area (Å²) in [4.78, 5) is 11.5. The third kappa shape index (κ3) is 1.85. The van der Waals surface area contributed by atoms with Gasteiger partial charge in [0, 0.05) is 6.07 Å². The van der Waals surface area contributed by atoms with E-state index in [4.69, 9.17) is 16.7 Å². The van der Waals surface area contributed by atoms with Crippen LogP contribution in [0.2, 0.25) is 5.02 Å². The predicted octanol–water partition coefficient (Wildman–Crippen LogP) is 1.59. The van der Waals surface area contributed by atoms with Gasteiger partial charge in [0.05, 0.1) is 16.9 Å². The van der Waals surface area contributed by atoms with Crippen molar-refractivity contribution in [1.29, 1.82) is 0 Å². The minimum atomic E-state index is -0.428. The number of hydrogen-bond donors (Lipinski definition) is 1. The number of aromatic hydroxyl groups is 1.